The summed E-state index contributed by atoms with van der Waals surface area (Å²) in [6, 6.07) is 6.78. The number of aromatic nitrogens is 4. The van der Waals surface area contributed by atoms with Crippen molar-refractivity contribution in [1.82, 2.24) is 19.7 Å². The molecule has 0 saturated carbocycles. The topological polar surface area (TPSA) is 87.0 Å². The van der Waals surface area contributed by atoms with Crippen molar-refractivity contribution < 1.29 is 17.5 Å². The van der Waals surface area contributed by atoms with Crippen LogP contribution in [0.4, 0.5) is 4.39 Å². The Morgan fingerprint density at radius 1 is 1.35 bits per heavy atom. The van der Waals surface area contributed by atoms with Crippen molar-refractivity contribution in [2.24, 2.45) is 7.05 Å². The average Bonchev–Trinajstić information content (AvgIpc) is 2.84. The van der Waals surface area contributed by atoms with E-state index in [0.29, 0.717) is 28.0 Å². The van der Waals surface area contributed by atoms with Crippen LogP contribution in [0, 0.1) is 0 Å². The van der Waals surface area contributed by atoms with Gasteiger partial charge in [0.05, 0.1) is 5.39 Å². The van der Waals surface area contributed by atoms with Gasteiger partial charge in [0, 0.05) is 25.1 Å². The molecule has 0 aliphatic heterocycles. The van der Waals surface area contributed by atoms with Crippen molar-refractivity contribution in [2.75, 3.05) is 13.1 Å². The number of fused-ring (bicyclic) bond motifs is 1. The fourth-order valence-electron chi connectivity index (χ4n) is 2.21. The van der Waals surface area contributed by atoms with Crippen molar-refractivity contribution in [2.45, 2.75) is 5.16 Å². The maximum absolute atomic E-state index is 12.3. The van der Waals surface area contributed by atoms with E-state index in [-0.39, 0.29) is 5.16 Å². The quantitative estimate of drug-likeness (QED) is 0.675. The summed E-state index contributed by atoms with van der Waals surface area (Å²) in [5, 5.41) is 4.69. The molecule has 2 heterocycles. The molecule has 0 unspecified atom stereocenters. The molecule has 0 N–H and O–H groups in total. The summed E-state index contributed by atoms with van der Waals surface area (Å²) in [6.45, 7) is -0.923. The number of sulfone groups is 1. The molecule has 7 nitrogen and oxygen atoms in total. The van der Waals surface area contributed by atoms with Crippen molar-refractivity contribution in [3.63, 3.8) is 0 Å². The molecule has 0 amide bonds. The molecule has 0 fully saturated rings. The van der Waals surface area contributed by atoms with Gasteiger partial charge >= 0.3 is 0 Å². The van der Waals surface area contributed by atoms with Crippen molar-refractivity contribution >= 4 is 20.9 Å². The van der Waals surface area contributed by atoms with Gasteiger partial charge in [-0.25, -0.2) is 22.5 Å². The van der Waals surface area contributed by atoms with Gasteiger partial charge in [0.2, 0.25) is 21.9 Å². The summed E-state index contributed by atoms with van der Waals surface area (Å²) in [4.78, 5) is 7.95. The number of benzene rings is 1. The van der Waals surface area contributed by atoms with E-state index in [1.54, 1.807) is 31.3 Å². The lowest BCUT2D eigenvalue weighted by molar-refractivity contribution is 0.192. The highest BCUT2D eigenvalue weighted by molar-refractivity contribution is 7.90. The number of halogens is 1. The van der Waals surface area contributed by atoms with Gasteiger partial charge in [-0.05, 0) is 12.1 Å². The second-order valence-corrected chi connectivity index (χ2v) is 6.82. The number of ether oxygens (including phenoxy) is 1. The van der Waals surface area contributed by atoms with Gasteiger partial charge in [-0.15, -0.1) is 0 Å². The van der Waals surface area contributed by atoms with Crippen LogP contribution in [0.2, 0.25) is 0 Å². The number of nitrogens with zero attached hydrogens (tertiary/aromatic N) is 4. The third kappa shape index (κ3) is 2.87. The van der Waals surface area contributed by atoms with E-state index < -0.39 is 16.7 Å². The molecule has 0 aliphatic rings. The van der Waals surface area contributed by atoms with Crippen molar-refractivity contribution in [1.29, 1.82) is 0 Å². The van der Waals surface area contributed by atoms with E-state index in [1.165, 1.54) is 10.9 Å². The second kappa shape index (κ2) is 5.58. The molecule has 3 rings (SSSR count). The van der Waals surface area contributed by atoms with Gasteiger partial charge in [0.25, 0.3) is 0 Å². The van der Waals surface area contributed by atoms with Crippen molar-refractivity contribution in [3.8, 4) is 17.0 Å². The molecule has 1 aromatic carbocycles. The monoisotopic (exact) mass is 336 g/mol. The minimum Gasteiger partial charge on any atom is -0.463 e. The number of hydrogen-bond donors (Lipinski definition) is 0. The summed E-state index contributed by atoms with van der Waals surface area (Å²) in [7, 11) is -1.85. The Kier molecular flexibility index (Phi) is 3.72. The number of aryl methyl sites for hydroxylation is 1. The van der Waals surface area contributed by atoms with Crippen molar-refractivity contribution in [3.05, 3.63) is 30.5 Å². The Labute approximate surface area is 131 Å². The molecule has 0 radical (unpaired) electrons. The molecule has 120 valence electrons. The lowest BCUT2D eigenvalue weighted by Crippen LogP contribution is -2.04. The first-order valence-electron chi connectivity index (χ1n) is 6.59. The van der Waals surface area contributed by atoms with E-state index in [4.69, 9.17) is 4.74 Å². The maximum Gasteiger partial charge on any atom is 0.248 e. The van der Waals surface area contributed by atoms with Crippen LogP contribution >= 0.6 is 0 Å². The van der Waals surface area contributed by atoms with E-state index in [0.717, 1.165) is 6.26 Å². The fourth-order valence-corrected chi connectivity index (χ4v) is 2.71. The summed E-state index contributed by atoms with van der Waals surface area (Å²) in [5.74, 6) is 0.373. The average molecular weight is 336 g/mol. The molecule has 0 spiro atoms. The lowest BCUT2D eigenvalue weighted by atomic mass is 10.1. The van der Waals surface area contributed by atoms with Crippen LogP contribution in [0.15, 0.2) is 35.6 Å². The third-order valence-corrected chi connectivity index (χ3v) is 4.08. The Hall–Kier alpha value is -2.55. The number of rotatable bonds is 4. The van der Waals surface area contributed by atoms with E-state index in [9.17, 15) is 12.8 Å². The zero-order valence-corrected chi connectivity index (χ0v) is 13.2. The predicted octanol–water partition coefficient (Wildman–Crippen LogP) is 1.74. The van der Waals surface area contributed by atoms with Crippen LogP contribution in [-0.4, -0.2) is 41.3 Å². The molecule has 3 aromatic rings. The van der Waals surface area contributed by atoms with Crippen LogP contribution in [0.5, 0.6) is 5.75 Å². The standard InChI is InChI=1S/C14H13FN4O3S/c1-19-13-11(7-16-14(17-13)23(2,20)21)12(18-19)9-4-3-5-10(6-9)22-8-15/h3-7H,8H2,1-2H3. The Bertz CT molecular complexity index is 985. The Balaban J connectivity index is 2.18. The summed E-state index contributed by atoms with van der Waals surface area (Å²) < 4.78 is 41.8. The van der Waals surface area contributed by atoms with Crippen LogP contribution in [0.25, 0.3) is 22.3 Å². The smallest absolute Gasteiger partial charge is 0.248 e. The van der Waals surface area contributed by atoms with Gasteiger partial charge in [0.1, 0.15) is 11.4 Å². The van der Waals surface area contributed by atoms with Crippen LogP contribution in [0.3, 0.4) is 0 Å². The van der Waals surface area contributed by atoms with Gasteiger partial charge in [0.15, 0.2) is 5.65 Å². The lowest BCUT2D eigenvalue weighted by Gasteiger charge is -2.03. The van der Waals surface area contributed by atoms with Crippen LogP contribution in [0.1, 0.15) is 0 Å². The molecule has 0 saturated heterocycles. The highest BCUT2D eigenvalue weighted by Gasteiger charge is 2.17. The highest BCUT2D eigenvalue weighted by atomic mass is 32.2. The van der Waals surface area contributed by atoms with Crippen LogP contribution < -0.4 is 4.74 Å². The molecule has 9 heteroatoms. The minimum absolute atomic E-state index is 0.255. The first-order valence-corrected chi connectivity index (χ1v) is 8.48. The molecule has 23 heavy (non-hydrogen) atoms. The second-order valence-electron chi connectivity index (χ2n) is 4.92. The zero-order valence-electron chi connectivity index (χ0n) is 12.4. The number of hydrogen-bond acceptors (Lipinski definition) is 6. The maximum atomic E-state index is 12.3. The van der Waals surface area contributed by atoms with E-state index >= 15 is 0 Å². The summed E-state index contributed by atoms with van der Waals surface area (Å²) in [5.41, 5.74) is 1.65. The third-order valence-electron chi connectivity index (χ3n) is 3.22. The molecular formula is C14H13FN4O3S. The predicted molar refractivity (Wildman–Crippen MR) is 81.5 cm³/mol. The van der Waals surface area contributed by atoms with Gasteiger partial charge in [-0.2, -0.15) is 10.1 Å². The molecule has 2 aromatic heterocycles. The molecule has 0 aliphatic carbocycles. The van der Waals surface area contributed by atoms with Gasteiger partial charge in [-0.1, -0.05) is 12.1 Å². The molecular weight excluding hydrogens is 323 g/mol. The SMILES string of the molecule is Cn1nc(-c2cccc(OCF)c2)c2cnc(S(C)(=O)=O)nc21. The van der Waals surface area contributed by atoms with Gasteiger partial charge in [-0.3, -0.25) is 0 Å². The molecule has 0 bridgehead atoms. The fraction of sp³-hybridized carbons (Fsp3) is 0.214. The number of alkyl halides is 1. The Morgan fingerprint density at radius 3 is 2.83 bits per heavy atom. The first-order chi connectivity index (χ1) is 10.9. The normalized spacial score (nSPS) is 11.8. The van der Waals surface area contributed by atoms with Crippen LogP contribution in [-0.2, 0) is 16.9 Å². The largest absolute Gasteiger partial charge is 0.463 e. The van der Waals surface area contributed by atoms with E-state index in [1.807, 2.05) is 0 Å². The van der Waals surface area contributed by atoms with E-state index in [2.05, 4.69) is 15.1 Å². The summed E-state index contributed by atoms with van der Waals surface area (Å²) >= 11 is 0. The Morgan fingerprint density at radius 2 is 2.13 bits per heavy atom. The van der Waals surface area contributed by atoms with Gasteiger partial charge < -0.3 is 4.74 Å². The minimum atomic E-state index is -3.51. The summed E-state index contributed by atoms with van der Waals surface area (Å²) in [6.07, 6.45) is 2.47. The molecule has 0 atom stereocenters. The highest BCUT2D eigenvalue weighted by Crippen LogP contribution is 2.29. The first kappa shape index (κ1) is 15.3. The zero-order chi connectivity index (χ0) is 16.6.